The van der Waals surface area contributed by atoms with Crippen molar-refractivity contribution < 1.29 is 22.8 Å². The van der Waals surface area contributed by atoms with Gasteiger partial charge in [0.05, 0.1) is 22.3 Å². The number of hydrogen-bond donors (Lipinski definition) is 2. The Kier molecular flexibility index (Phi) is 5.57. The van der Waals surface area contributed by atoms with Crippen LogP contribution in [0.3, 0.4) is 0 Å². The van der Waals surface area contributed by atoms with E-state index in [1.165, 1.54) is 16.2 Å². The minimum absolute atomic E-state index is 0.0242. The Labute approximate surface area is 162 Å². The van der Waals surface area contributed by atoms with Gasteiger partial charge in [0.15, 0.2) is 9.84 Å². The summed E-state index contributed by atoms with van der Waals surface area (Å²) in [5.74, 6) is -1.61. The molecule has 1 aromatic heterocycles. The number of hydrogen-bond acceptors (Lipinski definition) is 6. The summed E-state index contributed by atoms with van der Waals surface area (Å²) in [7, 11) is -3.10. The van der Waals surface area contributed by atoms with E-state index in [4.69, 9.17) is 0 Å². The smallest absolute Gasteiger partial charge is 0.279 e. The van der Waals surface area contributed by atoms with Gasteiger partial charge in [-0.15, -0.1) is 11.3 Å². The van der Waals surface area contributed by atoms with Crippen LogP contribution >= 0.6 is 11.3 Å². The van der Waals surface area contributed by atoms with Gasteiger partial charge in [-0.25, -0.2) is 8.42 Å². The molecule has 27 heavy (non-hydrogen) atoms. The quantitative estimate of drug-likeness (QED) is 0.695. The first-order valence-electron chi connectivity index (χ1n) is 8.89. The molecule has 3 rings (SSSR count). The first-order chi connectivity index (χ1) is 12.7. The summed E-state index contributed by atoms with van der Waals surface area (Å²) in [5.41, 5.74) is 5.83. The molecule has 2 aliphatic rings. The number of rotatable bonds is 4. The number of aryl methyl sites for hydroxylation is 2. The monoisotopic (exact) mass is 413 g/mol. The van der Waals surface area contributed by atoms with Gasteiger partial charge in [0.1, 0.15) is 0 Å². The topological polar surface area (TPSA) is 113 Å². The highest BCUT2D eigenvalue weighted by atomic mass is 32.2. The molecule has 2 atom stereocenters. The molecule has 2 saturated heterocycles. The van der Waals surface area contributed by atoms with Gasteiger partial charge in [0.2, 0.25) is 11.8 Å². The number of amides is 3. The third kappa shape index (κ3) is 4.32. The van der Waals surface area contributed by atoms with Gasteiger partial charge in [-0.3, -0.25) is 25.2 Å². The zero-order valence-electron chi connectivity index (χ0n) is 15.3. The van der Waals surface area contributed by atoms with Crippen LogP contribution in [0.4, 0.5) is 0 Å². The highest BCUT2D eigenvalue weighted by Crippen LogP contribution is 2.26. The zero-order valence-corrected chi connectivity index (χ0v) is 16.9. The van der Waals surface area contributed by atoms with Crippen LogP contribution in [0.2, 0.25) is 0 Å². The van der Waals surface area contributed by atoms with E-state index in [1.54, 1.807) is 6.07 Å². The molecule has 148 valence electrons. The molecule has 1 aromatic rings. The van der Waals surface area contributed by atoms with Gasteiger partial charge in [-0.1, -0.05) is 6.92 Å². The first kappa shape index (κ1) is 19.8. The molecule has 3 heterocycles. The van der Waals surface area contributed by atoms with E-state index in [-0.39, 0.29) is 42.3 Å². The fourth-order valence-corrected chi connectivity index (χ4v) is 6.29. The average molecular weight is 414 g/mol. The predicted molar refractivity (Wildman–Crippen MR) is 101 cm³/mol. The molecule has 2 aliphatic heterocycles. The highest BCUT2D eigenvalue weighted by molar-refractivity contribution is 7.91. The average Bonchev–Trinajstić information content (AvgIpc) is 3.28. The van der Waals surface area contributed by atoms with Crippen LogP contribution in [0.5, 0.6) is 0 Å². The maximum absolute atomic E-state index is 12.3. The van der Waals surface area contributed by atoms with E-state index in [1.807, 2.05) is 13.8 Å². The number of nitrogens with one attached hydrogen (secondary N) is 2. The molecule has 0 unspecified atom stereocenters. The lowest BCUT2D eigenvalue weighted by molar-refractivity contribution is -0.130. The molecule has 0 spiro atoms. The Morgan fingerprint density at radius 2 is 2.07 bits per heavy atom. The lowest BCUT2D eigenvalue weighted by atomic mass is 10.1. The van der Waals surface area contributed by atoms with E-state index >= 15 is 0 Å². The molecule has 2 N–H and O–H groups in total. The number of likely N-dealkylation sites (tertiary alicyclic amines) is 1. The molecule has 0 bridgehead atoms. The Morgan fingerprint density at radius 3 is 2.67 bits per heavy atom. The van der Waals surface area contributed by atoms with E-state index in [2.05, 4.69) is 10.9 Å². The zero-order chi connectivity index (χ0) is 19.8. The molecule has 10 heteroatoms. The van der Waals surface area contributed by atoms with Crippen LogP contribution in [-0.4, -0.2) is 55.1 Å². The summed E-state index contributed by atoms with van der Waals surface area (Å²) in [6.45, 7) is 4.13. The van der Waals surface area contributed by atoms with Crippen molar-refractivity contribution >= 4 is 38.9 Å². The predicted octanol–water partition coefficient (Wildman–Crippen LogP) is 0.416. The highest BCUT2D eigenvalue weighted by Gasteiger charge is 2.42. The van der Waals surface area contributed by atoms with Crippen molar-refractivity contribution in [1.29, 1.82) is 0 Å². The fraction of sp³-hybridized carbons (Fsp3) is 0.588. The van der Waals surface area contributed by atoms with E-state index in [0.29, 0.717) is 11.3 Å². The van der Waals surface area contributed by atoms with Crippen molar-refractivity contribution in [3.05, 3.63) is 21.4 Å². The maximum Gasteiger partial charge on any atom is 0.279 e. The van der Waals surface area contributed by atoms with Gasteiger partial charge in [0.25, 0.3) is 5.91 Å². The number of sulfone groups is 1. The number of carbonyl (C=O) groups excluding carboxylic acids is 3. The SMILES string of the molecule is CCc1sc(C(=O)NNC(=O)[C@H]2CC(=O)N([C@@H]3CCS(=O)(=O)C3)C2)cc1C. The van der Waals surface area contributed by atoms with Crippen LogP contribution in [0, 0.1) is 12.8 Å². The van der Waals surface area contributed by atoms with Crippen molar-refractivity contribution in [2.75, 3.05) is 18.1 Å². The lowest BCUT2D eigenvalue weighted by Crippen LogP contribution is -2.45. The van der Waals surface area contributed by atoms with Gasteiger partial charge in [-0.2, -0.15) is 0 Å². The van der Waals surface area contributed by atoms with Gasteiger partial charge >= 0.3 is 0 Å². The molecule has 0 radical (unpaired) electrons. The van der Waals surface area contributed by atoms with Crippen molar-refractivity contribution in [1.82, 2.24) is 15.8 Å². The van der Waals surface area contributed by atoms with Crippen molar-refractivity contribution in [2.24, 2.45) is 5.92 Å². The second-order valence-electron chi connectivity index (χ2n) is 7.02. The number of thiophene rings is 1. The minimum Gasteiger partial charge on any atom is -0.338 e. The van der Waals surface area contributed by atoms with Crippen LogP contribution in [0.1, 0.15) is 39.9 Å². The molecular formula is C17H23N3O5S2. The Hall–Kier alpha value is -1.94. The molecule has 8 nitrogen and oxygen atoms in total. The molecule has 0 saturated carbocycles. The van der Waals surface area contributed by atoms with E-state index < -0.39 is 21.7 Å². The Bertz CT molecular complexity index is 877. The first-order valence-corrected chi connectivity index (χ1v) is 11.5. The minimum atomic E-state index is -3.10. The number of nitrogens with zero attached hydrogens (tertiary/aromatic N) is 1. The summed E-state index contributed by atoms with van der Waals surface area (Å²) >= 11 is 1.39. The number of carbonyl (C=O) groups is 3. The normalized spacial score (nSPS) is 24.2. The maximum atomic E-state index is 12.3. The van der Waals surface area contributed by atoms with Crippen LogP contribution in [0.15, 0.2) is 6.07 Å². The summed E-state index contributed by atoms with van der Waals surface area (Å²) in [5, 5.41) is 0. The molecule has 2 fully saturated rings. The fourth-order valence-electron chi connectivity index (χ4n) is 3.55. The molecule has 3 amide bonds. The van der Waals surface area contributed by atoms with Crippen LogP contribution < -0.4 is 10.9 Å². The van der Waals surface area contributed by atoms with Gasteiger partial charge in [0, 0.05) is 23.9 Å². The molecule has 0 aliphatic carbocycles. The van der Waals surface area contributed by atoms with Crippen molar-refractivity contribution in [3.8, 4) is 0 Å². The molecular weight excluding hydrogens is 390 g/mol. The third-order valence-electron chi connectivity index (χ3n) is 5.04. The van der Waals surface area contributed by atoms with E-state index in [9.17, 15) is 22.8 Å². The summed E-state index contributed by atoms with van der Waals surface area (Å²) in [6, 6.07) is 1.43. The van der Waals surface area contributed by atoms with Crippen molar-refractivity contribution in [2.45, 2.75) is 39.2 Å². The summed E-state index contributed by atoms with van der Waals surface area (Å²) in [4.78, 5) is 39.8. The Balaban J connectivity index is 1.54. The van der Waals surface area contributed by atoms with Crippen molar-refractivity contribution in [3.63, 3.8) is 0 Å². The second-order valence-corrected chi connectivity index (χ2v) is 10.4. The van der Waals surface area contributed by atoms with Gasteiger partial charge in [-0.05, 0) is 31.4 Å². The third-order valence-corrected chi connectivity index (χ3v) is 8.17. The summed E-state index contributed by atoms with van der Waals surface area (Å²) < 4.78 is 23.2. The summed E-state index contributed by atoms with van der Waals surface area (Å²) in [6.07, 6.45) is 1.28. The Morgan fingerprint density at radius 1 is 1.33 bits per heavy atom. The second kappa shape index (κ2) is 7.59. The standard InChI is InChI=1S/C17H23N3O5S2/c1-3-13-10(2)6-14(26-13)17(23)19-18-16(22)11-7-15(21)20(8-11)12-4-5-27(24,25)9-12/h6,11-12H,3-5,7-9H2,1-2H3,(H,18,22)(H,19,23)/t11-,12+/m0/s1. The van der Waals surface area contributed by atoms with Crippen LogP contribution in [-0.2, 0) is 25.8 Å². The number of hydrazine groups is 1. The lowest BCUT2D eigenvalue weighted by Gasteiger charge is -2.22. The largest absolute Gasteiger partial charge is 0.338 e. The van der Waals surface area contributed by atoms with E-state index in [0.717, 1.165) is 16.9 Å². The van der Waals surface area contributed by atoms with Gasteiger partial charge < -0.3 is 4.90 Å². The molecule has 0 aromatic carbocycles. The van der Waals surface area contributed by atoms with Crippen LogP contribution in [0.25, 0.3) is 0 Å².